The highest BCUT2D eigenvalue weighted by molar-refractivity contribution is 5.73. The molecule has 280 valence electrons. The Bertz CT molecular complexity index is 1470. The van der Waals surface area contributed by atoms with Crippen LogP contribution in [-0.2, 0) is 19.0 Å². The summed E-state index contributed by atoms with van der Waals surface area (Å²) in [5, 5.41) is 28.1. The minimum Gasteiger partial charge on any atom is -0.481 e. The lowest BCUT2D eigenvalue weighted by Crippen LogP contribution is -2.69. The molecule has 5 fully saturated rings. The van der Waals surface area contributed by atoms with Crippen molar-refractivity contribution < 1.29 is 24.1 Å². The largest absolute Gasteiger partial charge is 0.481 e. The second-order valence-corrected chi connectivity index (χ2v) is 18.7. The highest BCUT2D eigenvalue weighted by Gasteiger charge is 2.72. The van der Waals surface area contributed by atoms with Crippen molar-refractivity contribution in [2.24, 2.45) is 56.7 Å². The summed E-state index contributed by atoms with van der Waals surface area (Å²) in [5.41, 5.74) is 6.17. The number of carboxylic acid groups (broad SMARTS) is 1. The van der Waals surface area contributed by atoms with Gasteiger partial charge in [-0.15, -0.1) is 5.10 Å². The van der Waals surface area contributed by atoms with Crippen LogP contribution >= 0.6 is 0 Å². The molecule has 2 bridgehead atoms. The quantitative estimate of drug-likeness (QED) is 0.266. The van der Waals surface area contributed by atoms with Gasteiger partial charge in [-0.05, 0) is 103 Å². The maximum Gasteiger partial charge on any atom is 0.307 e. The zero-order chi connectivity index (χ0) is 35.9. The van der Waals surface area contributed by atoms with Gasteiger partial charge in [0.15, 0.2) is 0 Å². The average molecular weight is 697 g/mol. The number of hydrogen-bond acceptors (Lipinski definition) is 9. The van der Waals surface area contributed by atoms with Gasteiger partial charge in [0, 0.05) is 29.6 Å². The number of carboxylic acids is 1. The van der Waals surface area contributed by atoms with Gasteiger partial charge >= 0.3 is 5.97 Å². The number of aliphatic carboxylic acids is 1. The molecule has 2 aliphatic heterocycles. The molecular weight excluding hydrogens is 632 g/mol. The molecule has 11 heteroatoms. The molecule has 0 radical (unpaired) electrons. The molecule has 1 aromatic rings. The summed E-state index contributed by atoms with van der Waals surface area (Å²) in [6.45, 7) is 22.5. The minimum absolute atomic E-state index is 0.140. The van der Waals surface area contributed by atoms with Crippen molar-refractivity contribution in [3.05, 3.63) is 11.6 Å². The molecular formula is C39H64N6O5. The predicted octanol–water partition coefficient (Wildman–Crippen LogP) is 5.93. The standard InChI is InChI=1S/C39H64N6O5/c1-9-41-38(16-18-48-19-17-38)22-50-31-28(45-43-33(40)42-44-45)20-39-23-49-21-35(31,6)29(39)11-10-26-27(39)12-13-37(8)30(32(46)47)34(5,25(4)24(2)3)14-15-36(26,37)7/h12,24-26,28-31,41H,9-11,13-23H2,1-8H3,(H2,40,43)(H,46,47)/t25-,26+,28-,29+,30-,31+,34-,35-,36-,37+,39+/m1/s1. The summed E-state index contributed by atoms with van der Waals surface area (Å²) < 4.78 is 19.7. The molecule has 0 spiro atoms. The Morgan fingerprint density at radius 1 is 1.08 bits per heavy atom. The number of anilines is 1. The maximum absolute atomic E-state index is 13.5. The van der Waals surface area contributed by atoms with Crippen LogP contribution < -0.4 is 11.1 Å². The zero-order valence-electron chi connectivity index (χ0n) is 32.0. The average Bonchev–Trinajstić information content (AvgIpc) is 3.50. The number of hydrogen-bond donors (Lipinski definition) is 3. The smallest absolute Gasteiger partial charge is 0.307 e. The lowest BCUT2D eigenvalue weighted by molar-refractivity contribution is -0.255. The summed E-state index contributed by atoms with van der Waals surface area (Å²) in [6, 6.07) is -0.169. The molecule has 0 aromatic carbocycles. The fraction of sp³-hybridized carbons (Fsp3) is 0.897. The Balaban J connectivity index is 1.29. The molecule has 7 rings (SSSR count). The van der Waals surface area contributed by atoms with Crippen LogP contribution in [0.4, 0.5) is 5.95 Å². The number of nitrogen functional groups attached to an aromatic ring is 1. The van der Waals surface area contributed by atoms with Crippen molar-refractivity contribution in [3.8, 4) is 0 Å². The van der Waals surface area contributed by atoms with E-state index < -0.39 is 11.9 Å². The number of nitrogens with one attached hydrogen (secondary N) is 1. The van der Waals surface area contributed by atoms with Crippen LogP contribution in [0.5, 0.6) is 0 Å². The highest BCUT2D eigenvalue weighted by atomic mass is 16.5. The molecule has 3 heterocycles. The second kappa shape index (κ2) is 12.5. The van der Waals surface area contributed by atoms with Crippen molar-refractivity contribution >= 4 is 11.9 Å². The Morgan fingerprint density at radius 2 is 1.82 bits per heavy atom. The normalized spacial score (nSPS) is 44.4. The molecule has 4 N–H and O–H groups in total. The lowest BCUT2D eigenvalue weighted by Gasteiger charge is -2.71. The van der Waals surface area contributed by atoms with Crippen LogP contribution in [0.2, 0.25) is 0 Å². The predicted molar refractivity (Wildman–Crippen MR) is 191 cm³/mol. The summed E-state index contributed by atoms with van der Waals surface area (Å²) in [4.78, 5) is 15.2. The fourth-order valence-electron chi connectivity index (χ4n) is 13.2. The lowest BCUT2D eigenvalue weighted by atomic mass is 9.34. The molecule has 0 amide bonds. The number of allylic oxidation sites excluding steroid dienone is 1. The van der Waals surface area contributed by atoms with E-state index in [2.05, 4.69) is 82.2 Å². The first-order chi connectivity index (χ1) is 23.6. The molecule has 2 saturated heterocycles. The summed E-state index contributed by atoms with van der Waals surface area (Å²) >= 11 is 0. The van der Waals surface area contributed by atoms with Gasteiger partial charge in [0.1, 0.15) is 6.04 Å². The Labute approximate surface area is 299 Å². The Kier molecular flexibility index (Phi) is 9.08. The van der Waals surface area contributed by atoms with Gasteiger partial charge in [-0.2, -0.15) is 4.80 Å². The third-order valence-electron chi connectivity index (χ3n) is 16.4. The second-order valence-electron chi connectivity index (χ2n) is 18.7. The van der Waals surface area contributed by atoms with Gasteiger partial charge in [-0.3, -0.25) is 4.79 Å². The SMILES string of the molecule is CCNC1(CO[C@H]2[C@H](n3nnc(N)n3)C[C@@]34COC[C@]2(C)[C@@H]3CC[C@H]2C4=CC[C@@]3(C)[C@H](C(=O)O)[C@@](C)([C@H](C)C(C)C)CC[C@]23C)CCOCC1. The first-order valence-corrected chi connectivity index (χ1v) is 19.6. The maximum atomic E-state index is 13.5. The Hall–Kier alpha value is -2.08. The van der Waals surface area contributed by atoms with Crippen LogP contribution in [0.15, 0.2) is 11.6 Å². The van der Waals surface area contributed by atoms with Crippen molar-refractivity contribution in [2.45, 2.75) is 124 Å². The van der Waals surface area contributed by atoms with Crippen LogP contribution in [-0.4, -0.2) is 82.5 Å². The van der Waals surface area contributed by atoms with E-state index in [4.69, 9.17) is 19.9 Å². The molecule has 4 aliphatic carbocycles. The van der Waals surface area contributed by atoms with E-state index in [1.165, 1.54) is 5.57 Å². The topological polar surface area (TPSA) is 147 Å². The molecule has 0 unspecified atom stereocenters. The molecule has 3 saturated carbocycles. The highest BCUT2D eigenvalue weighted by Crippen LogP contribution is 2.75. The van der Waals surface area contributed by atoms with Crippen molar-refractivity contribution in [3.63, 3.8) is 0 Å². The van der Waals surface area contributed by atoms with Gasteiger partial charge in [0.2, 0.25) is 0 Å². The van der Waals surface area contributed by atoms with E-state index in [0.717, 1.165) is 71.1 Å². The fourth-order valence-corrected chi connectivity index (χ4v) is 13.2. The number of nitrogens with zero attached hydrogens (tertiary/aromatic N) is 4. The monoisotopic (exact) mass is 696 g/mol. The minimum atomic E-state index is -0.627. The third-order valence-corrected chi connectivity index (χ3v) is 16.4. The van der Waals surface area contributed by atoms with E-state index in [0.29, 0.717) is 37.6 Å². The number of carbonyl (C=O) groups is 1. The third kappa shape index (κ3) is 5.09. The summed E-state index contributed by atoms with van der Waals surface area (Å²) in [5.74, 6) is 0.503. The number of likely N-dealkylation sites (N-methyl/N-ethyl adjacent to an activating group) is 1. The zero-order valence-corrected chi connectivity index (χ0v) is 32.0. The Morgan fingerprint density at radius 3 is 2.46 bits per heavy atom. The van der Waals surface area contributed by atoms with Crippen LogP contribution in [0.1, 0.15) is 113 Å². The van der Waals surface area contributed by atoms with Gasteiger partial charge in [-0.1, -0.05) is 72.1 Å². The molecule has 11 nitrogen and oxygen atoms in total. The van der Waals surface area contributed by atoms with Crippen LogP contribution in [0, 0.1) is 56.7 Å². The van der Waals surface area contributed by atoms with E-state index in [1.807, 2.05) is 0 Å². The number of fused-ring (bicyclic) bond motifs is 3. The van der Waals surface area contributed by atoms with Crippen LogP contribution in [0.3, 0.4) is 0 Å². The number of ether oxygens (including phenoxy) is 3. The number of tetrazole rings is 1. The number of nitrogens with two attached hydrogens (primary N) is 1. The van der Waals surface area contributed by atoms with Crippen molar-refractivity contribution in [2.75, 3.05) is 45.3 Å². The molecule has 50 heavy (non-hydrogen) atoms. The van der Waals surface area contributed by atoms with E-state index in [9.17, 15) is 9.90 Å². The van der Waals surface area contributed by atoms with Crippen LogP contribution in [0.25, 0.3) is 0 Å². The summed E-state index contributed by atoms with van der Waals surface area (Å²) in [6.07, 6.45) is 9.77. The molecule has 6 aliphatic rings. The van der Waals surface area contributed by atoms with E-state index in [1.54, 1.807) is 4.80 Å². The summed E-state index contributed by atoms with van der Waals surface area (Å²) in [7, 11) is 0. The van der Waals surface area contributed by atoms with Gasteiger partial charge < -0.3 is 30.4 Å². The number of aromatic nitrogens is 4. The molecule has 11 atom stereocenters. The molecule has 1 aromatic heterocycles. The van der Waals surface area contributed by atoms with Gasteiger partial charge in [0.25, 0.3) is 5.95 Å². The van der Waals surface area contributed by atoms with Crippen molar-refractivity contribution in [1.29, 1.82) is 0 Å². The van der Waals surface area contributed by atoms with Gasteiger partial charge in [-0.25, -0.2) is 0 Å². The number of rotatable bonds is 9. The van der Waals surface area contributed by atoms with E-state index in [-0.39, 0.29) is 56.6 Å². The first kappa shape index (κ1) is 36.3. The van der Waals surface area contributed by atoms with Crippen molar-refractivity contribution in [1.82, 2.24) is 25.5 Å². The first-order valence-electron chi connectivity index (χ1n) is 19.6. The van der Waals surface area contributed by atoms with Gasteiger partial charge in [0.05, 0.1) is 31.8 Å². The van der Waals surface area contributed by atoms with E-state index >= 15 is 0 Å².